The first-order valence-electron chi connectivity index (χ1n) is 7.84. The van der Waals surface area contributed by atoms with Crippen molar-refractivity contribution in [3.05, 3.63) is 21.9 Å². The summed E-state index contributed by atoms with van der Waals surface area (Å²) in [5, 5.41) is 6.80. The number of hydrogen-bond acceptors (Lipinski definition) is 5. The van der Waals surface area contributed by atoms with Crippen LogP contribution in [-0.4, -0.2) is 30.1 Å². The minimum Gasteiger partial charge on any atom is -0.448 e. The van der Waals surface area contributed by atoms with Crippen molar-refractivity contribution in [2.75, 3.05) is 0 Å². The summed E-state index contributed by atoms with van der Waals surface area (Å²) in [4.78, 5) is 36.2. The van der Waals surface area contributed by atoms with Crippen LogP contribution < -0.4 is 10.6 Å². The van der Waals surface area contributed by atoms with Crippen LogP contribution in [-0.2, 0) is 9.53 Å². The average molecular weight is 338 g/mol. The second-order valence-corrected chi connectivity index (χ2v) is 6.69. The van der Waals surface area contributed by atoms with E-state index in [1.807, 2.05) is 6.07 Å². The molecule has 126 valence electrons. The highest BCUT2D eigenvalue weighted by molar-refractivity contribution is 7.12. The number of nitrogens with one attached hydrogen (secondary N) is 2. The van der Waals surface area contributed by atoms with Crippen molar-refractivity contribution in [2.45, 2.75) is 58.1 Å². The van der Waals surface area contributed by atoms with Gasteiger partial charge in [0.15, 0.2) is 6.10 Å². The molecule has 7 heteroatoms. The summed E-state index contributed by atoms with van der Waals surface area (Å²) < 4.78 is 5.11. The lowest BCUT2D eigenvalue weighted by molar-refractivity contribution is -0.127. The molecule has 3 amide bonds. The summed E-state index contributed by atoms with van der Waals surface area (Å²) in [7, 11) is 0. The van der Waals surface area contributed by atoms with Crippen molar-refractivity contribution in [1.82, 2.24) is 10.6 Å². The molecule has 1 unspecified atom stereocenters. The largest absolute Gasteiger partial charge is 0.448 e. The van der Waals surface area contributed by atoms with Gasteiger partial charge in [0.25, 0.3) is 5.91 Å². The Morgan fingerprint density at radius 3 is 2.57 bits per heavy atom. The van der Waals surface area contributed by atoms with Crippen LogP contribution in [0.2, 0.25) is 0 Å². The minimum absolute atomic E-state index is 0.114. The molecule has 1 aromatic heterocycles. The normalized spacial score (nSPS) is 16.4. The molecular weight excluding hydrogens is 316 g/mol. The van der Waals surface area contributed by atoms with Crippen LogP contribution in [0.5, 0.6) is 0 Å². The van der Waals surface area contributed by atoms with Gasteiger partial charge >= 0.3 is 12.0 Å². The van der Waals surface area contributed by atoms with Crippen LogP contribution in [0, 0.1) is 6.92 Å². The number of urea groups is 1. The highest BCUT2D eigenvalue weighted by Crippen LogP contribution is 2.18. The molecular formula is C16H22N2O4S. The molecule has 0 aliphatic heterocycles. The molecule has 0 spiro atoms. The Bertz CT molecular complexity index is 578. The Hall–Kier alpha value is -1.89. The summed E-state index contributed by atoms with van der Waals surface area (Å²) in [6.07, 6.45) is 4.21. The maximum atomic E-state index is 12.0. The van der Waals surface area contributed by atoms with Gasteiger partial charge in [-0.1, -0.05) is 19.3 Å². The summed E-state index contributed by atoms with van der Waals surface area (Å²) in [5.74, 6) is -1.17. The number of thiophene rings is 1. The number of aryl methyl sites for hydroxylation is 1. The summed E-state index contributed by atoms with van der Waals surface area (Å²) >= 11 is 1.26. The molecule has 1 heterocycles. The number of hydrogen-bond donors (Lipinski definition) is 2. The van der Waals surface area contributed by atoms with E-state index in [1.165, 1.54) is 24.7 Å². The van der Waals surface area contributed by atoms with E-state index in [-0.39, 0.29) is 6.04 Å². The monoisotopic (exact) mass is 338 g/mol. The van der Waals surface area contributed by atoms with Crippen molar-refractivity contribution in [2.24, 2.45) is 0 Å². The molecule has 1 aliphatic carbocycles. The first kappa shape index (κ1) is 17.5. The zero-order valence-corrected chi connectivity index (χ0v) is 14.2. The van der Waals surface area contributed by atoms with Crippen LogP contribution in [0.3, 0.4) is 0 Å². The minimum atomic E-state index is -1.03. The predicted octanol–water partition coefficient (Wildman–Crippen LogP) is 2.76. The van der Waals surface area contributed by atoms with E-state index in [4.69, 9.17) is 4.74 Å². The van der Waals surface area contributed by atoms with Gasteiger partial charge in [0.2, 0.25) is 0 Å². The number of carbonyl (C=O) groups is 3. The predicted molar refractivity (Wildman–Crippen MR) is 87.5 cm³/mol. The van der Waals surface area contributed by atoms with Gasteiger partial charge < -0.3 is 10.1 Å². The van der Waals surface area contributed by atoms with Gasteiger partial charge in [0.1, 0.15) is 4.88 Å². The maximum Gasteiger partial charge on any atom is 0.349 e. The molecule has 2 rings (SSSR count). The van der Waals surface area contributed by atoms with Gasteiger partial charge in [-0.2, -0.15) is 0 Å². The van der Waals surface area contributed by atoms with Crippen molar-refractivity contribution in [1.29, 1.82) is 0 Å². The number of rotatable bonds is 4. The highest BCUT2D eigenvalue weighted by Gasteiger charge is 2.23. The molecule has 0 aromatic carbocycles. The second kappa shape index (κ2) is 8.10. The average Bonchev–Trinajstić information content (AvgIpc) is 2.94. The smallest absolute Gasteiger partial charge is 0.349 e. The molecule has 0 radical (unpaired) electrons. The Kier molecular flexibility index (Phi) is 6.15. The van der Waals surface area contributed by atoms with E-state index in [0.29, 0.717) is 4.88 Å². The lowest BCUT2D eigenvalue weighted by atomic mass is 9.96. The van der Waals surface area contributed by atoms with Crippen molar-refractivity contribution < 1.29 is 19.1 Å². The lowest BCUT2D eigenvalue weighted by Gasteiger charge is -2.23. The maximum absolute atomic E-state index is 12.0. The third-order valence-electron chi connectivity index (χ3n) is 3.88. The first-order chi connectivity index (χ1) is 11.0. The molecule has 1 saturated carbocycles. The van der Waals surface area contributed by atoms with Crippen molar-refractivity contribution in [3.63, 3.8) is 0 Å². The number of carbonyl (C=O) groups excluding carboxylic acids is 3. The fraction of sp³-hybridized carbons (Fsp3) is 0.562. The molecule has 1 atom stereocenters. The van der Waals surface area contributed by atoms with Gasteiger partial charge in [-0.25, -0.2) is 9.59 Å². The van der Waals surface area contributed by atoms with Gasteiger partial charge in [-0.15, -0.1) is 11.3 Å². The highest BCUT2D eigenvalue weighted by atomic mass is 32.1. The summed E-state index contributed by atoms with van der Waals surface area (Å²) in [6, 6.07) is 1.39. The topological polar surface area (TPSA) is 84.5 Å². The fourth-order valence-electron chi connectivity index (χ4n) is 2.53. The summed E-state index contributed by atoms with van der Waals surface area (Å²) in [5.41, 5.74) is 0.808. The van der Waals surface area contributed by atoms with Crippen LogP contribution in [0.4, 0.5) is 4.79 Å². The number of esters is 1. The standard InChI is InChI=1S/C16H22N2O4S/c1-10-8-9-23-13(10)15(20)22-11(2)14(19)18-16(21)17-12-6-4-3-5-7-12/h8-9,11-12H,3-7H2,1-2H3,(H2,17,18,19,21). The third-order valence-corrected chi connectivity index (χ3v) is 4.87. The van der Waals surface area contributed by atoms with E-state index in [1.54, 1.807) is 12.3 Å². The zero-order valence-electron chi connectivity index (χ0n) is 13.4. The van der Waals surface area contributed by atoms with Gasteiger partial charge in [0.05, 0.1) is 0 Å². The Morgan fingerprint density at radius 1 is 1.26 bits per heavy atom. The van der Waals surface area contributed by atoms with Crippen LogP contribution in [0.15, 0.2) is 11.4 Å². The first-order valence-corrected chi connectivity index (χ1v) is 8.71. The Morgan fingerprint density at radius 2 is 1.96 bits per heavy atom. The van der Waals surface area contributed by atoms with Gasteiger partial charge in [0, 0.05) is 6.04 Å². The number of amides is 3. The fourth-order valence-corrected chi connectivity index (χ4v) is 3.34. The van der Waals surface area contributed by atoms with E-state index in [9.17, 15) is 14.4 Å². The van der Waals surface area contributed by atoms with E-state index in [0.717, 1.165) is 31.2 Å². The van der Waals surface area contributed by atoms with Crippen LogP contribution in [0.1, 0.15) is 54.3 Å². The van der Waals surface area contributed by atoms with Crippen LogP contribution in [0.25, 0.3) is 0 Å². The van der Waals surface area contributed by atoms with Gasteiger partial charge in [-0.05, 0) is 43.7 Å². The van der Waals surface area contributed by atoms with E-state index >= 15 is 0 Å². The Labute approximate surface area is 139 Å². The SMILES string of the molecule is Cc1ccsc1C(=O)OC(C)C(=O)NC(=O)NC1CCCCC1. The molecule has 1 aromatic rings. The second-order valence-electron chi connectivity index (χ2n) is 5.78. The zero-order chi connectivity index (χ0) is 16.8. The Balaban J connectivity index is 1.79. The molecule has 2 N–H and O–H groups in total. The number of ether oxygens (including phenoxy) is 1. The van der Waals surface area contributed by atoms with E-state index in [2.05, 4.69) is 10.6 Å². The van der Waals surface area contributed by atoms with Crippen molar-refractivity contribution >= 4 is 29.2 Å². The van der Waals surface area contributed by atoms with Crippen molar-refractivity contribution in [3.8, 4) is 0 Å². The third kappa shape index (κ3) is 5.06. The molecule has 6 nitrogen and oxygen atoms in total. The molecule has 1 aliphatic rings. The molecule has 23 heavy (non-hydrogen) atoms. The van der Waals surface area contributed by atoms with Gasteiger partial charge in [-0.3, -0.25) is 10.1 Å². The molecule has 0 bridgehead atoms. The lowest BCUT2D eigenvalue weighted by Crippen LogP contribution is -2.48. The van der Waals surface area contributed by atoms with E-state index < -0.39 is 24.0 Å². The molecule has 1 fully saturated rings. The number of imide groups is 1. The molecule has 0 saturated heterocycles. The quantitative estimate of drug-likeness (QED) is 0.827. The van der Waals surface area contributed by atoms with Crippen LogP contribution >= 0.6 is 11.3 Å². The summed E-state index contributed by atoms with van der Waals surface area (Å²) in [6.45, 7) is 3.25.